The first-order chi connectivity index (χ1) is 16.7. The maximum absolute atomic E-state index is 6.70. The molecule has 4 nitrogen and oxygen atoms in total. The van der Waals surface area contributed by atoms with Crippen molar-refractivity contribution in [1.29, 1.82) is 0 Å². The van der Waals surface area contributed by atoms with Crippen molar-refractivity contribution in [3.63, 3.8) is 0 Å². The van der Waals surface area contributed by atoms with E-state index in [1.807, 2.05) is 6.07 Å². The predicted molar refractivity (Wildman–Crippen MR) is 146 cm³/mol. The first-order valence-electron chi connectivity index (χ1n) is 12.3. The Morgan fingerprint density at radius 3 is 2.11 bits per heavy atom. The molecule has 0 bridgehead atoms. The van der Waals surface area contributed by atoms with Crippen LogP contribution in [0.2, 0.25) is 0 Å². The van der Waals surface area contributed by atoms with E-state index in [9.17, 15) is 0 Å². The predicted octanol–water partition coefficient (Wildman–Crippen LogP) is 7.17. The van der Waals surface area contributed by atoms with Gasteiger partial charge in [-0.15, -0.1) is 0 Å². The fourth-order valence-electron chi connectivity index (χ4n) is 5.20. The maximum atomic E-state index is 6.70. The zero-order valence-electron chi connectivity index (χ0n) is 21.2. The van der Waals surface area contributed by atoms with Crippen LogP contribution in [-0.4, -0.2) is 22.9 Å². The fourth-order valence-corrected chi connectivity index (χ4v) is 5.20. The van der Waals surface area contributed by atoms with Crippen molar-refractivity contribution in [1.82, 2.24) is 4.57 Å². The monoisotopic (exact) mass is 463 g/mol. The molecule has 0 N–H and O–H groups in total. The Morgan fingerprint density at radius 2 is 1.40 bits per heavy atom. The van der Waals surface area contributed by atoms with Gasteiger partial charge in [-0.25, -0.2) is 0 Å². The fraction of sp³-hybridized carbons (Fsp3) is 0.267. The van der Waals surface area contributed by atoms with Crippen molar-refractivity contribution in [2.45, 2.75) is 52.7 Å². The molecule has 176 valence electrons. The molecule has 0 aliphatic carbocycles. The van der Waals surface area contributed by atoms with Gasteiger partial charge in [0.25, 0.3) is 0 Å². The van der Waals surface area contributed by atoms with Gasteiger partial charge in [0.1, 0.15) is 5.58 Å². The Labute approximate surface area is 206 Å². The molecule has 0 atom stereocenters. The molecule has 1 aliphatic rings. The zero-order valence-corrected chi connectivity index (χ0v) is 21.2. The van der Waals surface area contributed by atoms with Crippen LogP contribution in [-0.2, 0) is 9.31 Å². The van der Waals surface area contributed by atoms with Crippen LogP contribution in [0, 0.1) is 6.92 Å². The largest absolute Gasteiger partial charge is 0.498 e. The summed E-state index contributed by atoms with van der Waals surface area (Å²) >= 11 is 0. The SMILES string of the molecule is C/C=C\c1c(C)c2ccccc2n1-c1cccc2c1oc1c(B3OC(C)(C)C(C)(C)O3)cccc12. The Bertz CT molecular complexity index is 1620. The average Bonchev–Trinajstić information content (AvgIpc) is 3.41. The standard InChI is InChI=1S/C30H30BNO3/c1-7-12-24-19(2)20-13-8-9-17-25(20)32(24)26-18-11-15-22-21-14-10-16-23(27(21)33-28(22)26)31-34-29(3,4)30(5,6)35-31/h7-18H,1-6H3/b12-7-. The molecule has 3 heterocycles. The van der Waals surface area contributed by atoms with E-state index < -0.39 is 18.3 Å². The van der Waals surface area contributed by atoms with Gasteiger partial charge in [-0.2, -0.15) is 0 Å². The van der Waals surface area contributed by atoms with E-state index in [0.717, 1.165) is 44.3 Å². The second-order valence-corrected chi connectivity index (χ2v) is 10.4. The highest BCUT2D eigenvalue weighted by atomic mass is 16.7. The van der Waals surface area contributed by atoms with Crippen molar-refractivity contribution >= 4 is 51.5 Å². The summed E-state index contributed by atoms with van der Waals surface area (Å²) in [7, 11) is -0.485. The smallest absolute Gasteiger partial charge is 0.454 e. The van der Waals surface area contributed by atoms with Crippen molar-refractivity contribution < 1.29 is 13.7 Å². The first kappa shape index (κ1) is 22.2. The highest BCUT2D eigenvalue weighted by Gasteiger charge is 2.52. The molecule has 6 rings (SSSR count). The van der Waals surface area contributed by atoms with E-state index in [4.69, 9.17) is 13.7 Å². The minimum atomic E-state index is -0.485. The molecular formula is C30H30BNO3. The number of furan rings is 1. The highest BCUT2D eigenvalue weighted by molar-refractivity contribution is 6.65. The summed E-state index contributed by atoms with van der Waals surface area (Å²) in [5.41, 5.74) is 6.36. The molecule has 5 aromatic rings. The average molecular weight is 463 g/mol. The third-order valence-corrected chi connectivity index (χ3v) is 7.78. The number of aryl methyl sites for hydroxylation is 1. The number of aromatic nitrogens is 1. The molecule has 0 radical (unpaired) electrons. The third-order valence-electron chi connectivity index (χ3n) is 7.78. The van der Waals surface area contributed by atoms with E-state index in [0.29, 0.717) is 0 Å². The van der Waals surface area contributed by atoms with Gasteiger partial charge < -0.3 is 18.3 Å². The Morgan fingerprint density at radius 1 is 0.771 bits per heavy atom. The molecule has 1 aliphatic heterocycles. The lowest BCUT2D eigenvalue weighted by Crippen LogP contribution is -2.41. The summed E-state index contributed by atoms with van der Waals surface area (Å²) in [6, 6.07) is 21.1. The van der Waals surface area contributed by atoms with Crippen molar-refractivity contribution in [3.8, 4) is 5.69 Å². The second kappa shape index (κ2) is 7.61. The van der Waals surface area contributed by atoms with Crippen LogP contribution in [0.1, 0.15) is 45.9 Å². The van der Waals surface area contributed by atoms with E-state index in [1.54, 1.807) is 0 Å². The number of hydrogen-bond acceptors (Lipinski definition) is 3. The lowest BCUT2D eigenvalue weighted by Gasteiger charge is -2.32. The molecule has 1 fully saturated rings. The van der Waals surface area contributed by atoms with Crippen molar-refractivity contribution in [2.75, 3.05) is 0 Å². The molecule has 35 heavy (non-hydrogen) atoms. The van der Waals surface area contributed by atoms with Gasteiger partial charge in [-0.05, 0) is 65.3 Å². The summed E-state index contributed by atoms with van der Waals surface area (Å²) in [4.78, 5) is 0. The molecule has 1 saturated heterocycles. The molecule has 2 aromatic heterocycles. The maximum Gasteiger partial charge on any atom is 0.498 e. The lowest BCUT2D eigenvalue weighted by molar-refractivity contribution is 0.00578. The number of hydrogen-bond donors (Lipinski definition) is 0. The third kappa shape index (κ3) is 3.15. The summed E-state index contributed by atoms with van der Waals surface area (Å²) in [6.45, 7) is 12.5. The zero-order chi connectivity index (χ0) is 24.5. The van der Waals surface area contributed by atoms with Crippen LogP contribution in [0.3, 0.4) is 0 Å². The minimum Gasteiger partial charge on any atom is -0.454 e. The number of nitrogens with zero attached hydrogens (tertiary/aromatic N) is 1. The summed E-state index contributed by atoms with van der Waals surface area (Å²) in [6.07, 6.45) is 4.26. The van der Waals surface area contributed by atoms with Gasteiger partial charge in [-0.1, -0.05) is 54.6 Å². The van der Waals surface area contributed by atoms with Gasteiger partial charge in [0.2, 0.25) is 0 Å². The first-order valence-corrected chi connectivity index (χ1v) is 12.3. The lowest BCUT2D eigenvalue weighted by atomic mass is 9.78. The van der Waals surface area contributed by atoms with E-state index in [-0.39, 0.29) is 0 Å². The van der Waals surface area contributed by atoms with Crippen LogP contribution in [0.5, 0.6) is 0 Å². The van der Waals surface area contributed by atoms with E-state index in [1.165, 1.54) is 10.9 Å². The molecule has 3 aromatic carbocycles. The second-order valence-electron chi connectivity index (χ2n) is 10.4. The van der Waals surface area contributed by atoms with Gasteiger partial charge in [0.05, 0.1) is 22.4 Å². The van der Waals surface area contributed by atoms with Crippen LogP contribution in [0.4, 0.5) is 0 Å². The van der Waals surface area contributed by atoms with Gasteiger partial charge in [-0.3, -0.25) is 0 Å². The Balaban J connectivity index is 1.63. The normalized spacial score (nSPS) is 17.5. The molecule has 0 saturated carbocycles. The quantitative estimate of drug-likeness (QED) is 0.266. The van der Waals surface area contributed by atoms with Crippen LogP contribution >= 0.6 is 0 Å². The van der Waals surface area contributed by atoms with Gasteiger partial charge >= 0.3 is 7.12 Å². The number of para-hydroxylation sites is 3. The number of fused-ring (bicyclic) bond motifs is 4. The summed E-state index contributed by atoms with van der Waals surface area (Å²) < 4.78 is 21.8. The van der Waals surface area contributed by atoms with Crippen LogP contribution in [0.25, 0.3) is 44.6 Å². The minimum absolute atomic E-state index is 0.417. The number of rotatable bonds is 3. The highest BCUT2D eigenvalue weighted by Crippen LogP contribution is 2.39. The van der Waals surface area contributed by atoms with E-state index in [2.05, 4.69) is 113 Å². The van der Waals surface area contributed by atoms with Crippen molar-refractivity contribution in [2.24, 2.45) is 0 Å². The molecular weight excluding hydrogens is 433 g/mol. The van der Waals surface area contributed by atoms with Crippen LogP contribution in [0.15, 0.2) is 71.2 Å². The summed E-state index contributed by atoms with van der Waals surface area (Å²) in [5, 5.41) is 3.39. The Kier molecular flexibility index (Phi) is 4.83. The van der Waals surface area contributed by atoms with Crippen molar-refractivity contribution in [3.05, 3.63) is 78.0 Å². The molecule has 5 heteroatoms. The molecule has 0 amide bonds. The van der Waals surface area contributed by atoms with Gasteiger partial charge in [0.15, 0.2) is 5.58 Å². The number of allylic oxidation sites excluding steroid dienone is 1. The molecule has 0 unspecified atom stereocenters. The topological polar surface area (TPSA) is 36.5 Å². The molecule has 0 spiro atoms. The van der Waals surface area contributed by atoms with E-state index >= 15 is 0 Å². The number of benzene rings is 3. The van der Waals surface area contributed by atoms with Crippen LogP contribution < -0.4 is 5.46 Å². The summed E-state index contributed by atoms with van der Waals surface area (Å²) in [5.74, 6) is 0. The Hall–Kier alpha value is -3.28. The van der Waals surface area contributed by atoms with Gasteiger partial charge in [0, 0.05) is 27.3 Å².